The topological polar surface area (TPSA) is 75.4 Å². The molecule has 4 nitrogen and oxygen atoms in total. The maximum atomic E-state index is 10.7. The lowest BCUT2D eigenvalue weighted by Crippen LogP contribution is -2.23. The Balaban J connectivity index is 3.24. The molecule has 0 aromatic heterocycles. The van der Waals surface area contributed by atoms with Crippen LogP contribution in [0.3, 0.4) is 0 Å². The number of aromatic carboxylic acids is 1. The van der Waals surface area contributed by atoms with E-state index in [4.69, 9.17) is 22.1 Å². The zero-order chi connectivity index (χ0) is 10.7. The molecule has 1 aromatic carbocycles. The van der Waals surface area contributed by atoms with Crippen LogP contribution in [0.15, 0.2) is 12.1 Å². The van der Waals surface area contributed by atoms with Crippen LogP contribution < -0.4 is 15.6 Å². The number of hydrogen-bond donors (Lipinski definition) is 1. The summed E-state index contributed by atoms with van der Waals surface area (Å²) in [5.41, 5.74) is 5.68. The van der Waals surface area contributed by atoms with Gasteiger partial charge in [-0.3, -0.25) is 0 Å². The van der Waals surface area contributed by atoms with E-state index in [1.54, 1.807) is 6.92 Å². The van der Waals surface area contributed by atoms with Crippen LogP contribution >= 0.6 is 11.6 Å². The van der Waals surface area contributed by atoms with Gasteiger partial charge in [-0.05, 0) is 13.0 Å². The average molecular weight is 215 g/mol. The minimum atomic E-state index is -1.34. The van der Waals surface area contributed by atoms with Crippen molar-refractivity contribution in [3.8, 4) is 5.75 Å². The van der Waals surface area contributed by atoms with Gasteiger partial charge in [-0.1, -0.05) is 11.6 Å². The van der Waals surface area contributed by atoms with Gasteiger partial charge in [0.2, 0.25) is 0 Å². The van der Waals surface area contributed by atoms with E-state index in [1.165, 1.54) is 12.1 Å². The number of nitrogens with two attached hydrogens (primary N) is 1. The van der Waals surface area contributed by atoms with Crippen LogP contribution in [0, 0.1) is 0 Å². The Morgan fingerprint density at radius 1 is 1.64 bits per heavy atom. The number of rotatable bonds is 3. The molecule has 0 saturated carbocycles. The maximum Gasteiger partial charge on any atom is 0.130 e. The molecule has 0 radical (unpaired) electrons. The van der Waals surface area contributed by atoms with Gasteiger partial charge in [0.25, 0.3) is 0 Å². The van der Waals surface area contributed by atoms with E-state index in [0.29, 0.717) is 6.61 Å². The van der Waals surface area contributed by atoms with Gasteiger partial charge in [-0.15, -0.1) is 0 Å². The lowest BCUT2D eigenvalue weighted by Gasteiger charge is -2.12. The molecule has 0 bridgehead atoms. The van der Waals surface area contributed by atoms with Gasteiger partial charge in [0, 0.05) is 11.6 Å². The van der Waals surface area contributed by atoms with Crippen molar-refractivity contribution in [1.82, 2.24) is 0 Å². The van der Waals surface area contributed by atoms with Gasteiger partial charge in [-0.25, -0.2) is 0 Å². The van der Waals surface area contributed by atoms with Crippen LogP contribution in [-0.2, 0) is 0 Å². The highest BCUT2D eigenvalue weighted by molar-refractivity contribution is 6.33. The Morgan fingerprint density at radius 3 is 2.79 bits per heavy atom. The first kappa shape index (κ1) is 10.7. The summed E-state index contributed by atoms with van der Waals surface area (Å²) in [4.78, 5) is 10.7. The number of anilines is 1. The number of ether oxygens (including phenoxy) is 1. The van der Waals surface area contributed by atoms with E-state index >= 15 is 0 Å². The van der Waals surface area contributed by atoms with Crippen LogP contribution in [0.5, 0.6) is 5.75 Å². The van der Waals surface area contributed by atoms with E-state index in [-0.39, 0.29) is 22.0 Å². The van der Waals surface area contributed by atoms with Crippen molar-refractivity contribution in [3.63, 3.8) is 0 Å². The maximum absolute atomic E-state index is 10.7. The van der Waals surface area contributed by atoms with Crippen LogP contribution in [0.25, 0.3) is 0 Å². The van der Waals surface area contributed by atoms with Crippen LogP contribution in [-0.4, -0.2) is 12.6 Å². The highest BCUT2D eigenvalue weighted by Crippen LogP contribution is 2.28. The fourth-order valence-corrected chi connectivity index (χ4v) is 1.17. The number of carbonyl (C=O) groups is 1. The third-order valence-corrected chi connectivity index (χ3v) is 1.95. The van der Waals surface area contributed by atoms with Gasteiger partial charge in [0.15, 0.2) is 0 Å². The molecule has 0 fully saturated rings. The second-order valence-electron chi connectivity index (χ2n) is 2.59. The number of hydrogen-bond acceptors (Lipinski definition) is 4. The fourth-order valence-electron chi connectivity index (χ4n) is 1.00. The van der Waals surface area contributed by atoms with Crippen LogP contribution in [0.4, 0.5) is 5.69 Å². The fraction of sp³-hybridized carbons (Fsp3) is 0.222. The number of nitrogen functional groups attached to an aromatic ring is 1. The highest BCUT2D eigenvalue weighted by Gasteiger charge is 2.08. The molecular formula is C9H9ClNO3-. The normalized spacial score (nSPS) is 9.86. The Morgan fingerprint density at radius 2 is 2.29 bits per heavy atom. The number of halogens is 1. The summed E-state index contributed by atoms with van der Waals surface area (Å²) in [7, 11) is 0. The second kappa shape index (κ2) is 4.19. The van der Waals surface area contributed by atoms with E-state index in [0.717, 1.165) is 0 Å². The highest BCUT2D eigenvalue weighted by atomic mass is 35.5. The first-order chi connectivity index (χ1) is 6.56. The predicted octanol–water partition coefficient (Wildman–Crippen LogP) is 0.684. The summed E-state index contributed by atoms with van der Waals surface area (Å²) >= 11 is 5.66. The summed E-state index contributed by atoms with van der Waals surface area (Å²) in [6.07, 6.45) is 0. The molecule has 0 saturated heterocycles. The van der Waals surface area contributed by atoms with Gasteiger partial charge in [0.05, 0.1) is 23.3 Å². The molecule has 0 spiro atoms. The quantitative estimate of drug-likeness (QED) is 0.751. The molecule has 2 N–H and O–H groups in total. The van der Waals surface area contributed by atoms with E-state index in [1.807, 2.05) is 0 Å². The van der Waals surface area contributed by atoms with Gasteiger partial charge < -0.3 is 20.4 Å². The summed E-state index contributed by atoms with van der Waals surface area (Å²) in [5, 5.41) is 10.8. The molecule has 76 valence electrons. The lowest BCUT2D eigenvalue weighted by atomic mass is 10.2. The molecule has 5 heteroatoms. The third kappa shape index (κ3) is 2.09. The van der Waals surface area contributed by atoms with Crippen molar-refractivity contribution in [2.75, 3.05) is 12.3 Å². The summed E-state index contributed by atoms with van der Waals surface area (Å²) < 4.78 is 5.07. The van der Waals surface area contributed by atoms with Crippen LogP contribution in [0.1, 0.15) is 17.3 Å². The van der Waals surface area contributed by atoms with Crippen molar-refractivity contribution >= 4 is 23.3 Å². The number of carbonyl (C=O) groups excluding carboxylic acids is 1. The van der Waals surface area contributed by atoms with E-state index < -0.39 is 5.97 Å². The number of benzene rings is 1. The molecule has 1 aromatic rings. The molecule has 14 heavy (non-hydrogen) atoms. The zero-order valence-corrected chi connectivity index (χ0v) is 8.30. The second-order valence-corrected chi connectivity index (χ2v) is 3.00. The minimum absolute atomic E-state index is 0.0916. The van der Waals surface area contributed by atoms with Gasteiger partial charge in [0.1, 0.15) is 5.75 Å². The van der Waals surface area contributed by atoms with E-state index in [9.17, 15) is 9.90 Å². The zero-order valence-electron chi connectivity index (χ0n) is 7.54. The minimum Gasteiger partial charge on any atom is -0.545 e. The number of carboxylic acid groups (broad SMARTS) is 1. The van der Waals surface area contributed by atoms with Gasteiger partial charge in [-0.2, -0.15) is 0 Å². The van der Waals surface area contributed by atoms with E-state index in [2.05, 4.69) is 0 Å². The Labute approximate surface area is 86.2 Å². The smallest absolute Gasteiger partial charge is 0.130 e. The molecule has 0 aliphatic carbocycles. The van der Waals surface area contributed by atoms with Crippen molar-refractivity contribution in [3.05, 3.63) is 22.7 Å². The molecule has 0 aliphatic rings. The Hall–Kier alpha value is -1.42. The first-order valence-electron chi connectivity index (χ1n) is 3.99. The monoisotopic (exact) mass is 214 g/mol. The largest absolute Gasteiger partial charge is 0.545 e. The number of carboxylic acids is 1. The summed E-state index contributed by atoms with van der Waals surface area (Å²) in [6.45, 7) is 2.09. The Bertz CT molecular complexity index is 365. The molecule has 0 amide bonds. The van der Waals surface area contributed by atoms with Crippen molar-refractivity contribution in [1.29, 1.82) is 0 Å². The lowest BCUT2D eigenvalue weighted by molar-refractivity contribution is -0.255. The average Bonchev–Trinajstić information content (AvgIpc) is 2.11. The molecule has 0 unspecified atom stereocenters. The summed E-state index contributed by atoms with van der Waals surface area (Å²) in [5.74, 6) is -1.16. The predicted molar refractivity (Wildman–Crippen MR) is 51.4 cm³/mol. The molecule has 0 heterocycles. The Kier molecular flexibility index (Phi) is 3.19. The standard InChI is InChI=1S/C9H10ClNO3/c1-2-14-8-4-7(11)6(10)3-5(8)9(12)13/h3-4H,2,11H2,1H3,(H,12,13)/p-1. The van der Waals surface area contributed by atoms with Gasteiger partial charge >= 0.3 is 0 Å². The molecule has 0 atom stereocenters. The van der Waals surface area contributed by atoms with Crippen molar-refractivity contribution < 1.29 is 14.6 Å². The first-order valence-corrected chi connectivity index (χ1v) is 4.37. The van der Waals surface area contributed by atoms with Crippen molar-refractivity contribution in [2.45, 2.75) is 6.92 Å². The summed E-state index contributed by atoms with van der Waals surface area (Å²) in [6, 6.07) is 2.59. The third-order valence-electron chi connectivity index (χ3n) is 1.62. The van der Waals surface area contributed by atoms with Crippen molar-refractivity contribution in [2.24, 2.45) is 0 Å². The molecule has 0 aliphatic heterocycles. The molecule has 1 rings (SSSR count). The molecular weight excluding hydrogens is 206 g/mol. The van der Waals surface area contributed by atoms with Crippen LogP contribution in [0.2, 0.25) is 5.02 Å². The SMILES string of the molecule is CCOc1cc(N)c(Cl)cc1C(=O)[O-].